The molecule has 1 aliphatic rings. The number of carbonyl (C=O) groups excluding carboxylic acids is 1. The van der Waals surface area contributed by atoms with Crippen LogP contribution in [0.3, 0.4) is 0 Å². The molecule has 0 aromatic heterocycles. The van der Waals surface area contributed by atoms with Crippen LogP contribution in [0, 0.1) is 5.92 Å². The Labute approximate surface area is 167 Å². The Morgan fingerprint density at radius 2 is 1.75 bits per heavy atom. The van der Waals surface area contributed by atoms with Crippen molar-refractivity contribution in [2.24, 2.45) is 5.92 Å². The number of benzene rings is 2. The number of rotatable bonds is 7. The molecule has 28 heavy (non-hydrogen) atoms. The predicted molar refractivity (Wildman–Crippen MR) is 109 cm³/mol. The second-order valence-electron chi connectivity index (χ2n) is 7.17. The van der Waals surface area contributed by atoms with Crippen molar-refractivity contribution in [1.82, 2.24) is 4.90 Å². The highest BCUT2D eigenvalue weighted by Crippen LogP contribution is 2.29. The fourth-order valence-electron chi connectivity index (χ4n) is 3.41. The van der Waals surface area contributed by atoms with Crippen molar-refractivity contribution in [3.8, 4) is 17.2 Å². The fraction of sp³-hybridized carbons (Fsp3) is 0.435. The van der Waals surface area contributed by atoms with E-state index in [0.29, 0.717) is 36.2 Å². The van der Waals surface area contributed by atoms with E-state index >= 15 is 0 Å². The summed E-state index contributed by atoms with van der Waals surface area (Å²) in [5, 5.41) is 0. The number of para-hydroxylation sites is 2. The third kappa shape index (κ3) is 4.77. The largest absolute Gasteiger partial charge is 0.493 e. The monoisotopic (exact) mass is 383 g/mol. The zero-order chi connectivity index (χ0) is 19.9. The van der Waals surface area contributed by atoms with Gasteiger partial charge in [-0.25, -0.2) is 0 Å². The molecule has 0 radical (unpaired) electrons. The van der Waals surface area contributed by atoms with Crippen LogP contribution in [0.5, 0.6) is 17.2 Å². The molecule has 0 unspecified atom stereocenters. The summed E-state index contributed by atoms with van der Waals surface area (Å²) in [6, 6.07) is 13.1. The summed E-state index contributed by atoms with van der Waals surface area (Å²) in [6.07, 6.45) is 2.12. The van der Waals surface area contributed by atoms with Gasteiger partial charge >= 0.3 is 0 Å². The Balaban J connectivity index is 1.78. The normalized spacial score (nSPS) is 14.6. The van der Waals surface area contributed by atoms with Gasteiger partial charge in [0.1, 0.15) is 12.4 Å². The van der Waals surface area contributed by atoms with E-state index in [9.17, 15) is 4.79 Å². The molecule has 0 spiro atoms. The predicted octanol–water partition coefficient (Wildman–Crippen LogP) is 4.55. The Morgan fingerprint density at radius 3 is 2.43 bits per heavy atom. The average molecular weight is 383 g/mol. The lowest BCUT2D eigenvalue weighted by atomic mass is 9.98. The molecule has 2 aromatic rings. The Kier molecular flexibility index (Phi) is 6.80. The molecule has 0 N–H and O–H groups in total. The molecule has 1 aliphatic heterocycles. The molecule has 5 nitrogen and oxygen atoms in total. The lowest BCUT2D eigenvalue weighted by molar-refractivity contribution is 0.0697. The van der Waals surface area contributed by atoms with Crippen molar-refractivity contribution in [2.45, 2.75) is 33.3 Å². The number of piperidine rings is 1. The van der Waals surface area contributed by atoms with Gasteiger partial charge in [0, 0.05) is 24.2 Å². The van der Waals surface area contributed by atoms with Gasteiger partial charge in [0.2, 0.25) is 0 Å². The number of nitrogens with zero attached hydrogens (tertiary/aromatic N) is 1. The molecular weight excluding hydrogens is 354 g/mol. The van der Waals surface area contributed by atoms with E-state index in [4.69, 9.17) is 14.2 Å². The van der Waals surface area contributed by atoms with Crippen molar-refractivity contribution in [1.29, 1.82) is 0 Å². The number of carbonyl (C=O) groups is 1. The number of methoxy groups -OCH3 is 1. The molecule has 2 aromatic carbocycles. The van der Waals surface area contributed by atoms with Crippen LogP contribution in [0.1, 0.15) is 42.6 Å². The summed E-state index contributed by atoms with van der Waals surface area (Å²) in [7, 11) is 1.62. The van der Waals surface area contributed by atoms with Crippen molar-refractivity contribution < 1.29 is 19.0 Å². The molecule has 1 saturated heterocycles. The molecule has 1 amide bonds. The maximum Gasteiger partial charge on any atom is 0.253 e. The van der Waals surface area contributed by atoms with E-state index in [1.807, 2.05) is 54.3 Å². The molecule has 1 heterocycles. The minimum Gasteiger partial charge on any atom is -0.493 e. The second-order valence-corrected chi connectivity index (χ2v) is 7.17. The highest BCUT2D eigenvalue weighted by atomic mass is 16.5. The van der Waals surface area contributed by atoms with Crippen LogP contribution in [0.4, 0.5) is 0 Å². The molecule has 0 atom stereocenters. The molecule has 5 heteroatoms. The number of hydrogen-bond acceptors (Lipinski definition) is 4. The zero-order valence-corrected chi connectivity index (χ0v) is 16.9. The first-order valence-corrected chi connectivity index (χ1v) is 9.93. The Morgan fingerprint density at radius 1 is 1.04 bits per heavy atom. The third-order valence-corrected chi connectivity index (χ3v) is 5.13. The first-order chi connectivity index (χ1) is 13.6. The van der Waals surface area contributed by atoms with Gasteiger partial charge < -0.3 is 19.1 Å². The fourth-order valence-corrected chi connectivity index (χ4v) is 3.41. The van der Waals surface area contributed by atoms with Crippen molar-refractivity contribution in [2.75, 3.05) is 26.8 Å². The van der Waals surface area contributed by atoms with Crippen LogP contribution in [0.2, 0.25) is 0 Å². The van der Waals surface area contributed by atoms with Gasteiger partial charge in [-0.15, -0.1) is 0 Å². The highest BCUT2D eigenvalue weighted by molar-refractivity contribution is 5.94. The summed E-state index contributed by atoms with van der Waals surface area (Å²) in [6.45, 7) is 6.68. The van der Waals surface area contributed by atoms with E-state index in [1.54, 1.807) is 7.11 Å². The summed E-state index contributed by atoms with van der Waals surface area (Å²) in [4.78, 5) is 14.9. The number of ether oxygens (including phenoxy) is 3. The van der Waals surface area contributed by atoms with Crippen LogP contribution in [-0.4, -0.2) is 37.6 Å². The molecular formula is C23H29NO4. The Bertz CT molecular complexity index is 797. The molecule has 3 rings (SSSR count). The first kappa shape index (κ1) is 20.1. The summed E-state index contributed by atoms with van der Waals surface area (Å²) in [5.74, 6) is 2.84. The molecule has 1 fully saturated rings. The number of hydrogen-bond donors (Lipinski definition) is 0. The van der Waals surface area contributed by atoms with Gasteiger partial charge in [-0.05, 0) is 56.0 Å². The van der Waals surface area contributed by atoms with E-state index in [1.165, 1.54) is 0 Å². The molecule has 150 valence electrons. The minimum absolute atomic E-state index is 0.0773. The van der Waals surface area contributed by atoms with Crippen LogP contribution in [0.15, 0.2) is 42.5 Å². The van der Waals surface area contributed by atoms with Crippen LogP contribution in [0.25, 0.3) is 0 Å². The molecule has 0 bridgehead atoms. The minimum atomic E-state index is 0.0773. The van der Waals surface area contributed by atoms with Crippen LogP contribution < -0.4 is 14.2 Å². The molecule has 0 aliphatic carbocycles. The van der Waals surface area contributed by atoms with Crippen LogP contribution >= 0.6 is 0 Å². The van der Waals surface area contributed by atoms with Crippen molar-refractivity contribution in [3.63, 3.8) is 0 Å². The maximum atomic E-state index is 12.9. The SMILES string of the molecule is CCOc1ccc(C(=O)N2CCC(C)CC2)cc1COc1ccccc1OC. The topological polar surface area (TPSA) is 48.0 Å². The quantitative estimate of drug-likeness (QED) is 0.704. The van der Waals surface area contributed by atoms with E-state index < -0.39 is 0 Å². The van der Waals surface area contributed by atoms with Crippen LogP contribution in [-0.2, 0) is 6.61 Å². The van der Waals surface area contributed by atoms with E-state index in [0.717, 1.165) is 37.2 Å². The standard InChI is InChI=1S/C23H29NO4/c1-4-27-20-10-9-18(23(25)24-13-11-17(2)12-14-24)15-19(20)16-28-22-8-6-5-7-21(22)26-3/h5-10,15,17H,4,11-14,16H2,1-3H3. The lowest BCUT2D eigenvalue weighted by Crippen LogP contribution is -2.37. The summed E-state index contributed by atoms with van der Waals surface area (Å²) in [5.41, 5.74) is 1.53. The smallest absolute Gasteiger partial charge is 0.253 e. The van der Waals surface area contributed by atoms with Gasteiger partial charge in [0.05, 0.1) is 13.7 Å². The highest BCUT2D eigenvalue weighted by Gasteiger charge is 2.22. The van der Waals surface area contributed by atoms with Gasteiger partial charge in [0.15, 0.2) is 11.5 Å². The Hall–Kier alpha value is -2.69. The lowest BCUT2D eigenvalue weighted by Gasteiger charge is -2.30. The second kappa shape index (κ2) is 9.49. The van der Waals surface area contributed by atoms with Gasteiger partial charge in [-0.1, -0.05) is 19.1 Å². The third-order valence-electron chi connectivity index (χ3n) is 5.13. The van der Waals surface area contributed by atoms with Gasteiger partial charge in [0.25, 0.3) is 5.91 Å². The zero-order valence-electron chi connectivity index (χ0n) is 16.9. The number of likely N-dealkylation sites (tertiary alicyclic amines) is 1. The van der Waals surface area contributed by atoms with Gasteiger partial charge in [-0.3, -0.25) is 4.79 Å². The van der Waals surface area contributed by atoms with Crippen molar-refractivity contribution >= 4 is 5.91 Å². The average Bonchev–Trinajstić information content (AvgIpc) is 2.73. The number of amides is 1. The van der Waals surface area contributed by atoms with Crippen molar-refractivity contribution in [3.05, 3.63) is 53.6 Å². The summed E-state index contributed by atoms with van der Waals surface area (Å²) < 4.78 is 17.0. The molecule has 0 saturated carbocycles. The summed E-state index contributed by atoms with van der Waals surface area (Å²) >= 11 is 0. The van der Waals surface area contributed by atoms with E-state index in [2.05, 4.69) is 6.92 Å². The maximum absolute atomic E-state index is 12.9. The first-order valence-electron chi connectivity index (χ1n) is 9.93. The van der Waals surface area contributed by atoms with Gasteiger partial charge in [-0.2, -0.15) is 0 Å². The van der Waals surface area contributed by atoms with E-state index in [-0.39, 0.29) is 5.91 Å².